The third-order valence-corrected chi connectivity index (χ3v) is 5.86. The number of carbonyl (C=O) groups is 1. The molecule has 1 unspecified atom stereocenters. The molecule has 176 valence electrons. The summed E-state index contributed by atoms with van der Waals surface area (Å²) in [6, 6.07) is 22.2. The molecule has 0 bridgehead atoms. The molecule has 3 aromatic carbocycles. The Morgan fingerprint density at radius 1 is 1.06 bits per heavy atom. The maximum absolute atomic E-state index is 13.4. The molecule has 0 aliphatic heterocycles. The first kappa shape index (κ1) is 23.6. The SMILES string of the molecule is CC(c1nc2ccccc2c(=O)n1C)N(Cc1ccccc1)C(=O)/C=C/c1ccc([N+](=O)[O-])cc1. The van der Waals surface area contributed by atoms with Crippen LogP contribution in [0.5, 0.6) is 0 Å². The minimum atomic E-state index is -0.508. The number of fused-ring (bicyclic) bond motifs is 1. The van der Waals surface area contributed by atoms with E-state index in [9.17, 15) is 19.7 Å². The Morgan fingerprint density at radius 3 is 2.40 bits per heavy atom. The number of amides is 1. The molecule has 0 aliphatic carbocycles. The summed E-state index contributed by atoms with van der Waals surface area (Å²) in [4.78, 5) is 43.1. The molecule has 0 aliphatic rings. The van der Waals surface area contributed by atoms with Gasteiger partial charge in [0.05, 0.1) is 21.9 Å². The van der Waals surface area contributed by atoms with Crippen LogP contribution in [0.2, 0.25) is 0 Å². The van der Waals surface area contributed by atoms with E-state index in [0.29, 0.717) is 28.8 Å². The minimum absolute atomic E-state index is 0.0175. The Hall–Kier alpha value is -4.59. The van der Waals surface area contributed by atoms with Crippen LogP contribution in [0.4, 0.5) is 5.69 Å². The number of rotatable bonds is 7. The molecule has 4 rings (SSSR count). The van der Waals surface area contributed by atoms with Gasteiger partial charge in [0.1, 0.15) is 5.82 Å². The second-order valence-electron chi connectivity index (χ2n) is 8.16. The Balaban J connectivity index is 1.69. The number of aromatic nitrogens is 2. The lowest BCUT2D eigenvalue weighted by molar-refractivity contribution is -0.384. The van der Waals surface area contributed by atoms with Crippen molar-refractivity contribution in [3.8, 4) is 0 Å². The standard InChI is InChI=1S/C27H24N4O4/c1-19(26-28-24-11-7-6-10-23(24)27(33)29(26)2)30(18-21-8-4-3-5-9-21)25(32)17-14-20-12-15-22(16-13-20)31(34)35/h3-17,19H,18H2,1-2H3/b17-14+. The molecule has 8 nitrogen and oxygen atoms in total. The van der Waals surface area contributed by atoms with Crippen LogP contribution in [0, 0.1) is 10.1 Å². The molecule has 8 heteroatoms. The zero-order chi connectivity index (χ0) is 24.9. The third-order valence-electron chi connectivity index (χ3n) is 5.86. The largest absolute Gasteiger partial charge is 0.325 e. The van der Waals surface area contributed by atoms with Gasteiger partial charge in [-0.3, -0.25) is 24.3 Å². The van der Waals surface area contributed by atoms with E-state index in [1.807, 2.05) is 43.3 Å². The predicted octanol–water partition coefficient (Wildman–Crippen LogP) is 4.64. The summed E-state index contributed by atoms with van der Waals surface area (Å²) >= 11 is 0. The monoisotopic (exact) mass is 468 g/mol. The smallest absolute Gasteiger partial charge is 0.269 e. The van der Waals surface area contributed by atoms with E-state index in [0.717, 1.165) is 5.56 Å². The van der Waals surface area contributed by atoms with Crippen LogP contribution >= 0.6 is 0 Å². The van der Waals surface area contributed by atoms with Crippen molar-refractivity contribution in [3.05, 3.63) is 122 Å². The Morgan fingerprint density at radius 2 is 1.71 bits per heavy atom. The highest BCUT2D eigenvalue weighted by Gasteiger charge is 2.24. The Labute approximate surface area is 201 Å². The molecule has 0 fully saturated rings. The van der Waals surface area contributed by atoms with Crippen molar-refractivity contribution < 1.29 is 9.72 Å². The fraction of sp³-hybridized carbons (Fsp3) is 0.148. The van der Waals surface area contributed by atoms with Crippen molar-refractivity contribution in [1.82, 2.24) is 14.5 Å². The molecule has 1 aromatic heterocycles. The van der Waals surface area contributed by atoms with E-state index >= 15 is 0 Å². The second kappa shape index (κ2) is 10.1. The lowest BCUT2D eigenvalue weighted by Crippen LogP contribution is -2.36. The Bertz CT molecular complexity index is 1460. The molecule has 1 atom stereocenters. The van der Waals surface area contributed by atoms with Crippen molar-refractivity contribution in [3.63, 3.8) is 0 Å². The highest BCUT2D eigenvalue weighted by molar-refractivity contribution is 5.92. The first-order chi connectivity index (χ1) is 16.8. The summed E-state index contributed by atoms with van der Waals surface area (Å²) in [7, 11) is 1.66. The van der Waals surface area contributed by atoms with E-state index in [1.54, 1.807) is 48.4 Å². The number of hydrogen-bond donors (Lipinski definition) is 0. The van der Waals surface area contributed by atoms with Crippen LogP contribution in [0.1, 0.15) is 29.9 Å². The fourth-order valence-corrected chi connectivity index (χ4v) is 3.90. The highest BCUT2D eigenvalue weighted by Crippen LogP contribution is 2.23. The first-order valence-electron chi connectivity index (χ1n) is 11.1. The van der Waals surface area contributed by atoms with Gasteiger partial charge in [0.2, 0.25) is 5.91 Å². The second-order valence-corrected chi connectivity index (χ2v) is 8.16. The molecule has 0 radical (unpaired) electrons. The van der Waals surface area contributed by atoms with Crippen LogP contribution in [0.3, 0.4) is 0 Å². The van der Waals surface area contributed by atoms with Crippen LogP contribution in [0.15, 0.2) is 89.7 Å². The maximum Gasteiger partial charge on any atom is 0.269 e. The third kappa shape index (κ3) is 5.16. The quantitative estimate of drug-likeness (QED) is 0.223. The molecule has 0 N–H and O–H groups in total. The van der Waals surface area contributed by atoms with Gasteiger partial charge in [0.25, 0.3) is 11.2 Å². The summed E-state index contributed by atoms with van der Waals surface area (Å²) < 4.78 is 1.48. The van der Waals surface area contributed by atoms with Gasteiger partial charge in [-0.15, -0.1) is 0 Å². The van der Waals surface area contributed by atoms with Crippen LogP contribution < -0.4 is 5.56 Å². The summed E-state index contributed by atoms with van der Waals surface area (Å²) in [5, 5.41) is 11.4. The number of nitro groups is 1. The molecule has 1 amide bonds. The molecular formula is C27H24N4O4. The number of non-ortho nitro benzene ring substituents is 1. The number of nitro benzene ring substituents is 1. The number of nitrogens with zero attached hydrogens (tertiary/aromatic N) is 4. The number of para-hydroxylation sites is 1. The van der Waals surface area contributed by atoms with E-state index in [-0.39, 0.29) is 17.2 Å². The first-order valence-corrected chi connectivity index (χ1v) is 11.1. The summed E-state index contributed by atoms with van der Waals surface area (Å²) in [6.07, 6.45) is 3.05. The van der Waals surface area contributed by atoms with Gasteiger partial charge < -0.3 is 4.90 Å². The lowest BCUT2D eigenvalue weighted by atomic mass is 10.1. The van der Waals surface area contributed by atoms with Crippen LogP contribution in [-0.4, -0.2) is 25.3 Å². The van der Waals surface area contributed by atoms with Gasteiger partial charge in [-0.1, -0.05) is 42.5 Å². The van der Waals surface area contributed by atoms with Crippen molar-refractivity contribution in [2.24, 2.45) is 7.05 Å². The lowest BCUT2D eigenvalue weighted by Gasteiger charge is -2.29. The predicted molar refractivity (Wildman–Crippen MR) is 135 cm³/mol. The molecule has 1 heterocycles. The number of carbonyl (C=O) groups excluding carboxylic acids is 1. The summed E-state index contributed by atoms with van der Waals surface area (Å²) in [5.74, 6) is 0.198. The number of benzene rings is 3. The van der Waals surface area contributed by atoms with Gasteiger partial charge in [0, 0.05) is 31.8 Å². The zero-order valence-corrected chi connectivity index (χ0v) is 19.4. The van der Waals surface area contributed by atoms with Gasteiger partial charge in [-0.25, -0.2) is 4.98 Å². The Kier molecular flexibility index (Phi) is 6.82. The van der Waals surface area contributed by atoms with E-state index < -0.39 is 11.0 Å². The average molecular weight is 469 g/mol. The van der Waals surface area contributed by atoms with Crippen molar-refractivity contribution in [1.29, 1.82) is 0 Å². The van der Waals surface area contributed by atoms with E-state index in [4.69, 9.17) is 4.98 Å². The molecule has 0 saturated carbocycles. The van der Waals surface area contributed by atoms with Gasteiger partial charge in [-0.05, 0) is 48.4 Å². The van der Waals surface area contributed by atoms with Gasteiger partial charge in [0.15, 0.2) is 0 Å². The zero-order valence-electron chi connectivity index (χ0n) is 19.4. The molecule has 4 aromatic rings. The summed E-state index contributed by atoms with van der Waals surface area (Å²) in [5.41, 5.74) is 1.97. The highest BCUT2D eigenvalue weighted by atomic mass is 16.6. The normalized spacial score (nSPS) is 12.1. The maximum atomic E-state index is 13.4. The molecule has 0 spiro atoms. The van der Waals surface area contributed by atoms with Gasteiger partial charge >= 0.3 is 0 Å². The van der Waals surface area contributed by atoms with Crippen LogP contribution in [0.25, 0.3) is 17.0 Å². The molecular weight excluding hydrogens is 444 g/mol. The van der Waals surface area contributed by atoms with Crippen molar-refractivity contribution >= 4 is 28.6 Å². The number of hydrogen-bond acceptors (Lipinski definition) is 5. The van der Waals surface area contributed by atoms with Crippen molar-refractivity contribution in [2.75, 3.05) is 0 Å². The minimum Gasteiger partial charge on any atom is -0.325 e. The van der Waals surface area contributed by atoms with E-state index in [2.05, 4.69) is 0 Å². The van der Waals surface area contributed by atoms with E-state index in [1.165, 1.54) is 22.8 Å². The molecule has 35 heavy (non-hydrogen) atoms. The van der Waals surface area contributed by atoms with Crippen molar-refractivity contribution in [2.45, 2.75) is 19.5 Å². The summed E-state index contributed by atoms with van der Waals surface area (Å²) in [6.45, 7) is 2.16. The topological polar surface area (TPSA) is 98.3 Å². The van der Waals surface area contributed by atoms with Gasteiger partial charge in [-0.2, -0.15) is 0 Å². The average Bonchev–Trinajstić information content (AvgIpc) is 2.88. The van der Waals surface area contributed by atoms with Crippen LogP contribution in [-0.2, 0) is 18.4 Å². The molecule has 0 saturated heterocycles. The fourth-order valence-electron chi connectivity index (χ4n) is 3.90.